The summed E-state index contributed by atoms with van der Waals surface area (Å²) in [5.74, 6) is 1.66. The van der Waals surface area contributed by atoms with Crippen LogP contribution in [-0.4, -0.2) is 18.8 Å². The number of rotatable bonds is 2. The highest BCUT2D eigenvalue weighted by atomic mass is 79.9. The van der Waals surface area contributed by atoms with E-state index >= 15 is 0 Å². The number of nitrogens with two attached hydrogens (primary N) is 1. The van der Waals surface area contributed by atoms with Gasteiger partial charge in [0.05, 0.1) is 4.47 Å². The highest BCUT2D eigenvalue weighted by Gasteiger charge is 2.22. The third-order valence-electron chi connectivity index (χ3n) is 2.77. The predicted octanol–water partition coefficient (Wildman–Crippen LogP) is 2.81. The summed E-state index contributed by atoms with van der Waals surface area (Å²) in [6.07, 6.45) is 0.814. The molecule has 0 amide bonds. The van der Waals surface area contributed by atoms with Crippen LogP contribution in [0.2, 0.25) is 0 Å². The number of halogens is 1. The van der Waals surface area contributed by atoms with Crippen molar-refractivity contribution in [1.82, 2.24) is 0 Å². The molecule has 2 N–H and O–H groups in total. The normalized spacial score (nSPS) is 14.9. The smallest absolute Gasteiger partial charge is 0.175 e. The first-order chi connectivity index (χ1) is 7.88. The van der Waals surface area contributed by atoms with Gasteiger partial charge in [0.25, 0.3) is 0 Å². The molecule has 0 radical (unpaired) electrons. The zero-order chi connectivity index (χ0) is 12.6. The molecule has 0 spiro atoms. The lowest BCUT2D eigenvalue weighted by atomic mass is 9.92. The number of hydrogen-bond donors (Lipinski definition) is 1. The maximum atomic E-state index is 6.08. The van der Waals surface area contributed by atoms with Crippen molar-refractivity contribution in [3.8, 4) is 11.5 Å². The largest absolute Gasteiger partial charge is 0.486 e. The lowest BCUT2D eigenvalue weighted by Crippen LogP contribution is -2.34. The monoisotopic (exact) mass is 299 g/mol. The summed E-state index contributed by atoms with van der Waals surface area (Å²) in [5, 5.41) is 0. The van der Waals surface area contributed by atoms with Gasteiger partial charge >= 0.3 is 0 Å². The zero-order valence-electron chi connectivity index (χ0n) is 10.5. The molecule has 0 saturated heterocycles. The molecule has 0 aliphatic carbocycles. The Labute approximate surface area is 110 Å². The van der Waals surface area contributed by atoms with Gasteiger partial charge in [0.2, 0.25) is 0 Å². The molecule has 17 heavy (non-hydrogen) atoms. The van der Waals surface area contributed by atoms with Gasteiger partial charge in [-0.25, -0.2) is 0 Å². The first-order valence-corrected chi connectivity index (χ1v) is 6.54. The number of hydrogen-bond acceptors (Lipinski definition) is 3. The van der Waals surface area contributed by atoms with Crippen LogP contribution in [-0.2, 0) is 6.42 Å². The fourth-order valence-corrected chi connectivity index (χ4v) is 2.59. The van der Waals surface area contributed by atoms with E-state index in [1.165, 1.54) is 5.56 Å². The molecule has 0 unspecified atom stereocenters. The van der Waals surface area contributed by atoms with E-state index in [2.05, 4.69) is 28.9 Å². The Kier molecular flexibility index (Phi) is 3.36. The molecule has 1 heterocycles. The van der Waals surface area contributed by atoms with E-state index in [-0.39, 0.29) is 5.54 Å². The average molecular weight is 300 g/mol. The van der Waals surface area contributed by atoms with Gasteiger partial charge in [-0.15, -0.1) is 0 Å². The van der Waals surface area contributed by atoms with Crippen LogP contribution in [0.3, 0.4) is 0 Å². The molecule has 1 aliphatic heterocycles. The summed E-state index contributed by atoms with van der Waals surface area (Å²) in [6.45, 7) is 7.32. The Morgan fingerprint density at radius 2 is 1.88 bits per heavy atom. The third-order valence-corrected chi connectivity index (χ3v) is 3.36. The highest BCUT2D eigenvalue weighted by Crippen LogP contribution is 2.42. The summed E-state index contributed by atoms with van der Waals surface area (Å²) >= 11 is 3.53. The van der Waals surface area contributed by atoms with Crippen molar-refractivity contribution in [3.63, 3.8) is 0 Å². The Morgan fingerprint density at radius 1 is 1.29 bits per heavy atom. The van der Waals surface area contributed by atoms with E-state index in [0.717, 1.165) is 28.0 Å². The van der Waals surface area contributed by atoms with Crippen LogP contribution in [0.4, 0.5) is 0 Å². The van der Waals surface area contributed by atoms with E-state index in [4.69, 9.17) is 15.2 Å². The highest BCUT2D eigenvalue weighted by molar-refractivity contribution is 9.10. The molecule has 0 fully saturated rings. The minimum atomic E-state index is -0.228. The molecule has 2 rings (SSSR count). The summed E-state index contributed by atoms with van der Waals surface area (Å²) in [6, 6.07) is 2.08. The molecule has 3 nitrogen and oxygen atoms in total. The van der Waals surface area contributed by atoms with Gasteiger partial charge in [0.15, 0.2) is 11.5 Å². The van der Waals surface area contributed by atoms with E-state index in [0.29, 0.717) is 13.2 Å². The zero-order valence-corrected chi connectivity index (χ0v) is 12.1. The summed E-state index contributed by atoms with van der Waals surface area (Å²) in [7, 11) is 0. The molecular formula is C13H18BrNO2. The second-order valence-corrected chi connectivity index (χ2v) is 6.02. The molecule has 0 saturated carbocycles. The van der Waals surface area contributed by atoms with E-state index in [1.54, 1.807) is 0 Å². The summed E-state index contributed by atoms with van der Waals surface area (Å²) in [5.41, 5.74) is 8.18. The average Bonchev–Trinajstić information content (AvgIpc) is 2.24. The van der Waals surface area contributed by atoms with E-state index in [9.17, 15) is 0 Å². The molecule has 0 aromatic heterocycles. The van der Waals surface area contributed by atoms with Crippen molar-refractivity contribution >= 4 is 15.9 Å². The Bertz CT molecular complexity index is 438. The minimum absolute atomic E-state index is 0.228. The molecule has 1 aromatic rings. The van der Waals surface area contributed by atoms with Crippen LogP contribution in [0.15, 0.2) is 10.5 Å². The summed E-state index contributed by atoms with van der Waals surface area (Å²) < 4.78 is 12.3. The van der Waals surface area contributed by atoms with Crippen molar-refractivity contribution in [2.24, 2.45) is 5.73 Å². The van der Waals surface area contributed by atoms with Crippen molar-refractivity contribution in [2.45, 2.75) is 32.7 Å². The van der Waals surface area contributed by atoms with Crippen molar-refractivity contribution < 1.29 is 9.47 Å². The maximum Gasteiger partial charge on any atom is 0.175 e. The predicted molar refractivity (Wildman–Crippen MR) is 71.8 cm³/mol. The maximum absolute atomic E-state index is 6.08. The van der Waals surface area contributed by atoms with Crippen LogP contribution in [0.25, 0.3) is 0 Å². The Hall–Kier alpha value is -0.740. The van der Waals surface area contributed by atoms with Crippen LogP contribution >= 0.6 is 15.9 Å². The quantitative estimate of drug-likeness (QED) is 0.913. The fourth-order valence-electron chi connectivity index (χ4n) is 2.02. The molecule has 1 aromatic carbocycles. The van der Waals surface area contributed by atoms with Crippen LogP contribution in [0.1, 0.15) is 25.0 Å². The topological polar surface area (TPSA) is 44.5 Å². The van der Waals surface area contributed by atoms with Crippen LogP contribution < -0.4 is 15.2 Å². The Balaban J connectivity index is 2.45. The number of fused-ring (bicyclic) bond motifs is 1. The van der Waals surface area contributed by atoms with Crippen LogP contribution in [0, 0.1) is 6.92 Å². The standard InChI is InChI=1S/C13H18BrNO2/c1-8-9(7-13(2,3)15)6-10(14)12-11(8)16-4-5-17-12/h6H,4-5,7,15H2,1-3H3. The lowest BCUT2D eigenvalue weighted by Gasteiger charge is -2.25. The van der Waals surface area contributed by atoms with Crippen molar-refractivity contribution in [2.75, 3.05) is 13.2 Å². The third kappa shape index (κ3) is 2.75. The second kappa shape index (κ2) is 4.50. The number of benzene rings is 1. The van der Waals surface area contributed by atoms with Gasteiger partial charge in [-0.2, -0.15) is 0 Å². The van der Waals surface area contributed by atoms with Crippen molar-refractivity contribution in [1.29, 1.82) is 0 Å². The van der Waals surface area contributed by atoms with Gasteiger partial charge < -0.3 is 15.2 Å². The lowest BCUT2D eigenvalue weighted by molar-refractivity contribution is 0.169. The summed E-state index contributed by atoms with van der Waals surface area (Å²) in [4.78, 5) is 0. The second-order valence-electron chi connectivity index (χ2n) is 5.16. The minimum Gasteiger partial charge on any atom is -0.486 e. The Morgan fingerprint density at radius 3 is 2.47 bits per heavy atom. The van der Waals surface area contributed by atoms with Gasteiger partial charge in [-0.05, 0) is 60.3 Å². The molecule has 0 atom stereocenters. The first kappa shape index (κ1) is 12.7. The molecule has 0 bridgehead atoms. The van der Waals surface area contributed by atoms with Gasteiger partial charge in [-0.1, -0.05) is 0 Å². The fraction of sp³-hybridized carbons (Fsp3) is 0.538. The first-order valence-electron chi connectivity index (χ1n) is 5.75. The molecule has 94 valence electrons. The number of ether oxygens (including phenoxy) is 2. The molecular weight excluding hydrogens is 282 g/mol. The van der Waals surface area contributed by atoms with Gasteiger partial charge in [0.1, 0.15) is 13.2 Å². The van der Waals surface area contributed by atoms with Gasteiger partial charge in [-0.3, -0.25) is 0 Å². The van der Waals surface area contributed by atoms with Crippen molar-refractivity contribution in [3.05, 3.63) is 21.7 Å². The van der Waals surface area contributed by atoms with Crippen LogP contribution in [0.5, 0.6) is 11.5 Å². The molecule has 1 aliphatic rings. The molecule has 4 heteroatoms. The van der Waals surface area contributed by atoms with E-state index in [1.807, 2.05) is 13.8 Å². The SMILES string of the molecule is Cc1c(CC(C)(C)N)cc(Br)c2c1OCCO2. The van der Waals surface area contributed by atoms with E-state index < -0.39 is 0 Å². The van der Waals surface area contributed by atoms with Gasteiger partial charge in [0, 0.05) is 5.54 Å².